The average Bonchev–Trinajstić information content (AvgIpc) is 3.06. The van der Waals surface area contributed by atoms with Gasteiger partial charge in [-0.25, -0.2) is 4.68 Å². The fraction of sp³-hybridized carbons (Fsp3) is 0.0588. The molecule has 7 heteroatoms. The molecular weight excluding hydrogens is 349 g/mol. The molecule has 122 valence electrons. The van der Waals surface area contributed by atoms with Crippen LogP contribution in [0.5, 0.6) is 5.75 Å². The number of rotatable bonds is 5. The standard InChI is InChI=1S/C17H13Cl2N3O2/c18-12-5-7-13(8-6-12)24-11-22-10-9-16(21-22)17(23)20-15-4-2-1-3-14(15)19/h1-10H,11H2,(H,20,23). The SMILES string of the molecule is O=C(Nc1ccccc1Cl)c1ccn(COc2ccc(Cl)cc2)n1. The van der Waals surface area contributed by atoms with E-state index in [4.69, 9.17) is 27.9 Å². The fourth-order valence-electron chi connectivity index (χ4n) is 1.98. The average molecular weight is 362 g/mol. The third-order valence-electron chi connectivity index (χ3n) is 3.17. The Labute approximate surface area is 148 Å². The summed E-state index contributed by atoms with van der Waals surface area (Å²) >= 11 is 11.8. The maximum Gasteiger partial charge on any atom is 0.276 e. The van der Waals surface area contributed by atoms with Gasteiger partial charge in [-0.1, -0.05) is 35.3 Å². The van der Waals surface area contributed by atoms with E-state index in [1.807, 2.05) is 0 Å². The molecule has 0 aliphatic rings. The van der Waals surface area contributed by atoms with Crippen molar-refractivity contribution >= 4 is 34.8 Å². The Morgan fingerprint density at radius 3 is 2.58 bits per heavy atom. The predicted molar refractivity (Wildman–Crippen MR) is 93.7 cm³/mol. The molecule has 0 fully saturated rings. The summed E-state index contributed by atoms with van der Waals surface area (Å²) in [5.41, 5.74) is 0.811. The van der Waals surface area contributed by atoms with Gasteiger partial charge in [0.25, 0.3) is 5.91 Å². The molecule has 0 spiro atoms. The van der Waals surface area contributed by atoms with Crippen LogP contribution in [0.1, 0.15) is 10.5 Å². The van der Waals surface area contributed by atoms with Crippen LogP contribution in [0.25, 0.3) is 0 Å². The topological polar surface area (TPSA) is 56.2 Å². The van der Waals surface area contributed by atoms with E-state index in [2.05, 4.69) is 10.4 Å². The normalized spacial score (nSPS) is 10.4. The van der Waals surface area contributed by atoms with Crippen LogP contribution in [0.3, 0.4) is 0 Å². The predicted octanol–water partition coefficient (Wildman–Crippen LogP) is 4.48. The van der Waals surface area contributed by atoms with E-state index in [0.717, 1.165) is 0 Å². The molecule has 1 N–H and O–H groups in total. The van der Waals surface area contributed by atoms with Crippen molar-refractivity contribution < 1.29 is 9.53 Å². The number of anilines is 1. The summed E-state index contributed by atoms with van der Waals surface area (Å²) < 4.78 is 7.09. The second kappa shape index (κ2) is 7.38. The monoisotopic (exact) mass is 361 g/mol. The molecule has 0 atom stereocenters. The van der Waals surface area contributed by atoms with Crippen molar-refractivity contribution in [1.29, 1.82) is 0 Å². The number of aromatic nitrogens is 2. The molecular formula is C17H13Cl2N3O2. The number of carbonyl (C=O) groups is 1. The molecule has 0 aliphatic carbocycles. The molecule has 0 saturated heterocycles. The van der Waals surface area contributed by atoms with Crippen LogP contribution in [0.2, 0.25) is 10.0 Å². The van der Waals surface area contributed by atoms with Gasteiger partial charge in [-0.05, 0) is 42.5 Å². The van der Waals surface area contributed by atoms with Crippen LogP contribution in [0, 0.1) is 0 Å². The molecule has 0 aliphatic heterocycles. The summed E-state index contributed by atoms with van der Waals surface area (Å²) in [6, 6.07) is 15.6. The van der Waals surface area contributed by atoms with Crippen LogP contribution < -0.4 is 10.1 Å². The Bertz CT molecular complexity index is 847. The lowest BCUT2D eigenvalue weighted by Gasteiger charge is -2.06. The maximum atomic E-state index is 12.2. The molecule has 3 aromatic rings. The molecule has 0 unspecified atom stereocenters. The van der Waals surface area contributed by atoms with E-state index in [9.17, 15) is 4.79 Å². The van der Waals surface area contributed by atoms with Crippen molar-refractivity contribution in [3.05, 3.63) is 76.5 Å². The van der Waals surface area contributed by atoms with Crippen LogP contribution in [0.15, 0.2) is 60.8 Å². The minimum absolute atomic E-state index is 0.182. The van der Waals surface area contributed by atoms with Gasteiger partial charge in [0.1, 0.15) is 5.75 Å². The molecule has 1 heterocycles. The van der Waals surface area contributed by atoms with E-state index < -0.39 is 0 Å². The fourth-order valence-corrected chi connectivity index (χ4v) is 2.28. The lowest BCUT2D eigenvalue weighted by atomic mass is 10.3. The zero-order valence-corrected chi connectivity index (χ0v) is 14.0. The summed E-state index contributed by atoms with van der Waals surface area (Å²) in [5, 5.41) is 8.00. The summed E-state index contributed by atoms with van der Waals surface area (Å²) in [7, 11) is 0. The number of nitrogens with zero attached hydrogens (tertiary/aromatic N) is 2. The number of amides is 1. The molecule has 24 heavy (non-hydrogen) atoms. The van der Waals surface area contributed by atoms with Gasteiger partial charge in [-0.15, -0.1) is 0 Å². The largest absolute Gasteiger partial charge is 0.471 e. The highest BCUT2D eigenvalue weighted by Crippen LogP contribution is 2.21. The number of benzene rings is 2. The zero-order chi connectivity index (χ0) is 16.9. The second-order valence-electron chi connectivity index (χ2n) is 4.90. The summed E-state index contributed by atoms with van der Waals surface area (Å²) in [6.07, 6.45) is 1.66. The Hall–Kier alpha value is -2.50. The number of hydrogen-bond acceptors (Lipinski definition) is 3. The van der Waals surface area contributed by atoms with E-state index >= 15 is 0 Å². The van der Waals surface area contributed by atoms with E-state index in [-0.39, 0.29) is 18.3 Å². The zero-order valence-electron chi connectivity index (χ0n) is 12.4. The smallest absolute Gasteiger partial charge is 0.276 e. The van der Waals surface area contributed by atoms with Crippen LogP contribution >= 0.6 is 23.2 Å². The first kappa shape index (κ1) is 16.4. The van der Waals surface area contributed by atoms with Gasteiger partial charge in [-0.3, -0.25) is 4.79 Å². The minimum Gasteiger partial charge on any atom is -0.471 e. The highest BCUT2D eigenvalue weighted by Gasteiger charge is 2.11. The van der Waals surface area contributed by atoms with Crippen LogP contribution in [0.4, 0.5) is 5.69 Å². The molecule has 0 radical (unpaired) electrons. The highest BCUT2D eigenvalue weighted by molar-refractivity contribution is 6.33. The van der Waals surface area contributed by atoms with Gasteiger partial charge in [0.2, 0.25) is 0 Å². The van der Waals surface area contributed by atoms with Crippen molar-refractivity contribution in [3.63, 3.8) is 0 Å². The van der Waals surface area contributed by atoms with Gasteiger partial charge < -0.3 is 10.1 Å². The maximum absolute atomic E-state index is 12.2. The Morgan fingerprint density at radius 2 is 1.83 bits per heavy atom. The van der Waals surface area contributed by atoms with Gasteiger partial charge >= 0.3 is 0 Å². The number of hydrogen-bond donors (Lipinski definition) is 1. The lowest BCUT2D eigenvalue weighted by molar-refractivity contribution is 0.102. The number of ether oxygens (including phenoxy) is 1. The lowest BCUT2D eigenvalue weighted by Crippen LogP contribution is -2.14. The molecule has 1 amide bonds. The first-order chi connectivity index (χ1) is 11.6. The number of carbonyl (C=O) groups excluding carboxylic acids is 1. The van der Waals surface area contributed by atoms with Crippen LogP contribution in [-0.4, -0.2) is 15.7 Å². The summed E-state index contributed by atoms with van der Waals surface area (Å²) in [6.45, 7) is 0.182. The van der Waals surface area contributed by atoms with Gasteiger partial charge in [0, 0.05) is 11.2 Å². The molecule has 3 rings (SSSR count). The number of para-hydroxylation sites is 1. The van der Waals surface area contributed by atoms with Crippen molar-refractivity contribution in [2.45, 2.75) is 6.73 Å². The van der Waals surface area contributed by atoms with Crippen molar-refractivity contribution in [1.82, 2.24) is 9.78 Å². The van der Waals surface area contributed by atoms with Crippen molar-refractivity contribution in [2.75, 3.05) is 5.32 Å². The molecule has 0 bridgehead atoms. The van der Waals surface area contributed by atoms with Crippen molar-refractivity contribution in [3.8, 4) is 5.75 Å². The van der Waals surface area contributed by atoms with E-state index in [1.165, 1.54) is 4.68 Å². The third kappa shape index (κ3) is 4.07. The van der Waals surface area contributed by atoms with Gasteiger partial charge in [0.15, 0.2) is 12.4 Å². The summed E-state index contributed by atoms with van der Waals surface area (Å²) in [4.78, 5) is 12.2. The number of nitrogens with one attached hydrogen (secondary N) is 1. The third-order valence-corrected chi connectivity index (χ3v) is 3.75. The first-order valence-corrected chi connectivity index (χ1v) is 7.85. The van der Waals surface area contributed by atoms with E-state index in [0.29, 0.717) is 21.5 Å². The van der Waals surface area contributed by atoms with Crippen molar-refractivity contribution in [2.24, 2.45) is 0 Å². The molecule has 2 aromatic carbocycles. The first-order valence-electron chi connectivity index (χ1n) is 7.09. The Morgan fingerprint density at radius 1 is 1.08 bits per heavy atom. The highest BCUT2D eigenvalue weighted by atomic mass is 35.5. The quantitative estimate of drug-likeness (QED) is 0.728. The minimum atomic E-state index is -0.339. The Balaban J connectivity index is 1.61. The van der Waals surface area contributed by atoms with E-state index in [1.54, 1.807) is 60.8 Å². The second-order valence-corrected chi connectivity index (χ2v) is 5.75. The van der Waals surface area contributed by atoms with Gasteiger partial charge in [-0.2, -0.15) is 5.10 Å². The molecule has 0 saturated carbocycles. The summed E-state index contributed by atoms with van der Waals surface area (Å²) in [5.74, 6) is 0.324. The van der Waals surface area contributed by atoms with Crippen LogP contribution in [-0.2, 0) is 6.73 Å². The number of halogens is 2. The molecule has 5 nitrogen and oxygen atoms in total. The Kier molecular flexibility index (Phi) is 5.03. The molecule has 1 aromatic heterocycles. The van der Waals surface area contributed by atoms with Gasteiger partial charge in [0.05, 0.1) is 10.7 Å².